The lowest BCUT2D eigenvalue weighted by molar-refractivity contribution is 0.143. The monoisotopic (exact) mass is 292 g/mol. The van der Waals surface area contributed by atoms with Crippen molar-refractivity contribution in [2.75, 3.05) is 25.0 Å². The fourth-order valence-corrected chi connectivity index (χ4v) is 2.44. The van der Waals surface area contributed by atoms with Gasteiger partial charge in [-0.3, -0.25) is 0 Å². The molecule has 0 aliphatic carbocycles. The number of nitrogens with zero attached hydrogens (tertiary/aromatic N) is 1. The number of aliphatic hydroxyl groups is 1. The van der Waals surface area contributed by atoms with Crippen molar-refractivity contribution in [2.24, 2.45) is 5.92 Å². The predicted molar refractivity (Wildman–Crippen MR) is 82.6 cm³/mol. The third-order valence-corrected chi connectivity index (χ3v) is 3.65. The summed E-state index contributed by atoms with van der Waals surface area (Å²) in [5.41, 5.74) is 0.695. The average Bonchev–Trinajstić information content (AvgIpc) is 2.49. The van der Waals surface area contributed by atoms with E-state index in [4.69, 9.17) is 9.84 Å². The Kier molecular flexibility index (Phi) is 5.44. The molecule has 116 valence electrons. The van der Waals surface area contributed by atoms with Crippen LogP contribution in [0.1, 0.15) is 26.7 Å². The molecule has 0 radical (unpaired) electrons. The second-order valence-corrected chi connectivity index (χ2v) is 5.71. The van der Waals surface area contributed by atoms with Gasteiger partial charge in [-0.25, -0.2) is 4.79 Å². The molecule has 1 aromatic rings. The van der Waals surface area contributed by atoms with E-state index in [-0.39, 0.29) is 18.7 Å². The zero-order valence-electron chi connectivity index (χ0n) is 12.7. The van der Waals surface area contributed by atoms with Crippen molar-refractivity contribution in [1.82, 2.24) is 4.90 Å². The van der Waals surface area contributed by atoms with Crippen LogP contribution in [0.5, 0.6) is 5.75 Å². The molecule has 0 bridgehead atoms. The van der Waals surface area contributed by atoms with Crippen LogP contribution in [0, 0.1) is 5.92 Å². The van der Waals surface area contributed by atoms with Gasteiger partial charge in [0.05, 0.1) is 11.8 Å². The lowest BCUT2D eigenvalue weighted by Crippen LogP contribution is -2.41. The molecule has 0 unspecified atom stereocenters. The van der Waals surface area contributed by atoms with Crippen molar-refractivity contribution < 1.29 is 14.6 Å². The van der Waals surface area contributed by atoms with Gasteiger partial charge >= 0.3 is 6.03 Å². The third kappa shape index (κ3) is 4.36. The van der Waals surface area contributed by atoms with E-state index in [2.05, 4.69) is 5.32 Å². The van der Waals surface area contributed by atoms with Gasteiger partial charge in [0.2, 0.25) is 0 Å². The summed E-state index contributed by atoms with van der Waals surface area (Å²) in [7, 11) is 0. The zero-order chi connectivity index (χ0) is 15.2. The third-order valence-electron chi connectivity index (χ3n) is 3.65. The van der Waals surface area contributed by atoms with Crippen LogP contribution in [0.25, 0.3) is 0 Å². The number of benzene rings is 1. The lowest BCUT2D eigenvalue weighted by atomic mass is 9.98. The standard InChI is InChI=1S/C16H24N2O3/c1-12(2)21-15-6-4-3-5-14(15)17-16(20)18-9-7-13(11-19)8-10-18/h3-6,12-13,19H,7-11H2,1-2H3,(H,17,20). The Morgan fingerprint density at radius 2 is 2.05 bits per heavy atom. The maximum absolute atomic E-state index is 12.3. The Morgan fingerprint density at radius 1 is 1.38 bits per heavy atom. The molecular formula is C16H24N2O3. The number of anilines is 1. The van der Waals surface area contributed by atoms with Crippen molar-refractivity contribution in [2.45, 2.75) is 32.8 Å². The van der Waals surface area contributed by atoms with E-state index in [1.54, 1.807) is 4.90 Å². The van der Waals surface area contributed by atoms with E-state index in [0.717, 1.165) is 12.8 Å². The molecule has 2 rings (SSSR count). The quantitative estimate of drug-likeness (QED) is 0.897. The Morgan fingerprint density at radius 3 is 2.67 bits per heavy atom. The van der Waals surface area contributed by atoms with Gasteiger partial charge in [0.15, 0.2) is 0 Å². The Labute approximate surface area is 125 Å². The number of rotatable bonds is 4. The summed E-state index contributed by atoms with van der Waals surface area (Å²) in [5, 5.41) is 12.1. The summed E-state index contributed by atoms with van der Waals surface area (Å²) in [6, 6.07) is 7.36. The van der Waals surface area contributed by atoms with Crippen molar-refractivity contribution in [3.05, 3.63) is 24.3 Å². The van der Waals surface area contributed by atoms with Crippen LogP contribution >= 0.6 is 0 Å². The first kappa shape index (κ1) is 15.6. The van der Waals surface area contributed by atoms with Gasteiger partial charge in [-0.2, -0.15) is 0 Å². The SMILES string of the molecule is CC(C)Oc1ccccc1NC(=O)N1CCC(CO)CC1. The number of amides is 2. The number of nitrogens with one attached hydrogen (secondary N) is 1. The van der Waals surface area contributed by atoms with Crippen molar-refractivity contribution >= 4 is 11.7 Å². The highest BCUT2D eigenvalue weighted by atomic mass is 16.5. The molecule has 1 aliphatic rings. The molecule has 1 heterocycles. The number of ether oxygens (including phenoxy) is 1. The number of piperidine rings is 1. The van der Waals surface area contributed by atoms with Crippen LogP contribution in [0.3, 0.4) is 0 Å². The normalized spacial score (nSPS) is 16.1. The largest absolute Gasteiger partial charge is 0.489 e. The Balaban J connectivity index is 1.97. The summed E-state index contributed by atoms with van der Waals surface area (Å²) < 4.78 is 5.70. The summed E-state index contributed by atoms with van der Waals surface area (Å²) in [5.74, 6) is 1.01. The van der Waals surface area contributed by atoms with Crippen LogP contribution in [0.4, 0.5) is 10.5 Å². The molecule has 5 heteroatoms. The molecular weight excluding hydrogens is 268 g/mol. The highest BCUT2D eigenvalue weighted by molar-refractivity contribution is 5.91. The van der Waals surface area contributed by atoms with Gasteiger partial charge in [-0.1, -0.05) is 12.1 Å². The molecule has 21 heavy (non-hydrogen) atoms. The first-order valence-electron chi connectivity index (χ1n) is 7.52. The minimum Gasteiger partial charge on any atom is -0.489 e. The molecule has 0 spiro atoms. The maximum atomic E-state index is 12.3. The van der Waals surface area contributed by atoms with Gasteiger partial charge in [0.1, 0.15) is 5.75 Å². The first-order valence-corrected chi connectivity index (χ1v) is 7.52. The van der Waals surface area contributed by atoms with Crippen LogP contribution in [0.15, 0.2) is 24.3 Å². The smallest absolute Gasteiger partial charge is 0.321 e. The fourth-order valence-electron chi connectivity index (χ4n) is 2.44. The van der Waals surface area contributed by atoms with E-state index < -0.39 is 0 Å². The lowest BCUT2D eigenvalue weighted by Gasteiger charge is -2.31. The summed E-state index contributed by atoms with van der Waals surface area (Å²) >= 11 is 0. The number of carbonyl (C=O) groups is 1. The molecule has 5 nitrogen and oxygen atoms in total. The van der Waals surface area contributed by atoms with E-state index in [0.29, 0.717) is 30.4 Å². The highest BCUT2D eigenvalue weighted by Crippen LogP contribution is 2.26. The van der Waals surface area contributed by atoms with Gasteiger partial charge < -0.3 is 20.1 Å². The number of urea groups is 1. The minimum absolute atomic E-state index is 0.0587. The van der Waals surface area contributed by atoms with Gasteiger partial charge in [-0.05, 0) is 44.7 Å². The number of carbonyl (C=O) groups excluding carboxylic acids is 1. The minimum atomic E-state index is -0.105. The molecule has 0 aromatic heterocycles. The van der Waals surface area contributed by atoms with Crippen molar-refractivity contribution in [3.8, 4) is 5.75 Å². The van der Waals surface area contributed by atoms with Crippen molar-refractivity contribution in [1.29, 1.82) is 0 Å². The Bertz CT molecular complexity index is 468. The van der Waals surface area contributed by atoms with E-state index >= 15 is 0 Å². The second-order valence-electron chi connectivity index (χ2n) is 5.71. The van der Waals surface area contributed by atoms with E-state index in [1.807, 2.05) is 38.1 Å². The molecule has 1 aromatic carbocycles. The number of para-hydroxylation sites is 2. The first-order chi connectivity index (χ1) is 10.1. The summed E-state index contributed by atoms with van der Waals surface area (Å²) in [6.45, 7) is 5.49. The Hall–Kier alpha value is -1.75. The van der Waals surface area contributed by atoms with Crippen molar-refractivity contribution in [3.63, 3.8) is 0 Å². The van der Waals surface area contributed by atoms with Gasteiger partial charge in [0.25, 0.3) is 0 Å². The number of likely N-dealkylation sites (tertiary alicyclic amines) is 1. The molecule has 1 fully saturated rings. The predicted octanol–water partition coefficient (Wildman–Crippen LogP) is 2.71. The molecule has 2 N–H and O–H groups in total. The van der Waals surface area contributed by atoms with Gasteiger partial charge in [-0.15, -0.1) is 0 Å². The molecule has 2 amide bonds. The zero-order valence-corrected chi connectivity index (χ0v) is 12.7. The van der Waals surface area contributed by atoms with E-state index in [9.17, 15) is 4.79 Å². The van der Waals surface area contributed by atoms with Crippen LogP contribution in [-0.4, -0.2) is 41.8 Å². The number of aliphatic hydroxyl groups excluding tert-OH is 1. The number of hydrogen-bond donors (Lipinski definition) is 2. The average molecular weight is 292 g/mol. The summed E-state index contributed by atoms with van der Waals surface area (Å²) in [6.07, 6.45) is 1.77. The van der Waals surface area contributed by atoms with Gasteiger partial charge in [0, 0.05) is 19.7 Å². The number of hydrogen-bond acceptors (Lipinski definition) is 3. The molecule has 0 saturated carbocycles. The summed E-state index contributed by atoms with van der Waals surface area (Å²) in [4.78, 5) is 14.1. The van der Waals surface area contributed by atoms with E-state index in [1.165, 1.54) is 0 Å². The van der Waals surface area contributed by atoms with Crippen LogP contribution in [-0.2, 0) is 0 Å². The highest BCUT2D eigenvalue weighted by Gasteiger charge is 2.22. The molecule has 0 atom stereocenters. The molecule has 1 aliphatic heterocycles. The maximum Gasteiger partial charge on any atom is 0.321 e. The van der Waals surface area contributed by atoms with Crippen LogP contribution in [0.2, 0.25) is 0 Å². The molecule has 1 saturated heterocycles. The second kappa shape index (κ2) is 7.31. The fraction of sp³-hybridized carbons (Fsp3) is 0.562. The van der Waals surface area contributed by atoms with Crippen LogP contribution < -0.4 is 10.1 Å². The topological polar surface area (TPSA) is 61.8 Å².